The lowest BCUT2D eigenvalue weighted by molar-refractivity contribution is -0.150. The van der Waals surface area contributed by atoms with Crippen LogP contribution in [0.3, 0.4) is 0 Å². The van der Waals surface area contributed by atoms with Gasteiger partial charge in [-0.3, -0.25) is 4.79 Å². The molecule has 0 aromatic heterocycles. The molecule has 3 rings (SSSR count). The Morgan fingerprint density at radius 1 is 1.17 bits per heavy atom. The summed E-state index contributed by atoms with van der Waals surface area (Å²) in [5.41, 5.74) is 0.764. The second-order valence-electron chi connectivity index (χ2n) is 7.09. The van der Waals surface area contributed by atoms with Gasteiger partial charge in [0, 0.05) is 31.3 Å². The van der Waals surface area contributed by atoms with E-state index >= 15 is 0 Å². The smallest absolute Gasteiger partial charge is 0.312 e. The molecule has 5 nitrogen and oxygen atoms in total. The first-order chi connectivity index (χ1) is 11.7. The highest BCUT2D eigenvalue weighted by atomic mass is 16.6. The largest absolute Gasteiger partial charge is 0.508 e. The molecular weight excluding hydrogens is 304 g/mol. The van der Waals surface area contributed by atoms with Crippen LogP contribution in [0.5, 0.6) is 5.75 Å². The second-order valence-corrected chi connectivity index (χ2v) is 7.09. The van der Waals surface area contributed by atoms with Crippen LogP contribution < -0.4 is 10.6 Å². The quantitative estimate of drug-likeness (QED) is 0.529. The Bertz CT molecular complexity index is 555. The number of carbonyl (C=O) groups is 1. The van der Waals surface area contributed by atoms with Crippen molar-refractivity contribution in [2.75, 3.05) is 25.0 Å². The van der Waals surface area contributed by atoms with E-state index < -0.39 is 0 Å². The van der Waals surface area contributed by atoms with Gasteiger partial charge in [-0.05, 0) is 37.9 Å². The Morgan fingerprint density at radius 3 is 2.79 bits per heavy atom. The van der Waals surface area contributed by atoms with Crippen LogP contribution in [0, 0.1) is 5.41 Å². The molecule has 24 heavy (non-hydrogen) atoms. The molecule has 1 unspecified atom stereocenters. The summed E-state index contributed by atoms with van der Waals surface area (Å²) in [6, 6.07) is 7.12. The third-order valence-corrected chi connectivity index (χ3v) is 5.26. The van der Waals surface area contributed by atoms with Crippen LogP contribution in [0.4, 0.5) is 5.69 Å². The zero-order valence-corrected chi connectivity index (χ0v) is 14.2. The van der Waals surface area contributed by atoms with Crippen molar-refractivity contribution in [1.82, 2.24) is 5.32 Å². The predicted octanol–water partition coefficient (Wildman–Crippen LogP) is 3.05. The van der Waals surface area contributed by atoms with E-state index in [-0.39, 0.29) is 23.2 Å². The number of carbonyl (C=O) groups excluding carboxylic acids is 1. The number of phenols is 1. The number of esters is 1. The van der Waals surface area contributed by atoms with Crippen molar-refractivity contribution in [3.05, 3.63) is 24.3 Å². The van der Waals surface area contributed by atoms with Crippen molar-refractivity contribution in [2.45, 2.75) is 51.0 Å². The summed E-state index contributed by atoms with van der Waals surface area (Å²) in [5.74, 6) is 0.324. The summed E-state index contributed by atoms with van der Waals surface area (Å²) in [7, 11) is 0. The van der Waals surface area contributed by atoms with Gasteiger partial charge in [-0.1, -0.05) is 25.3 Å². The van der Waals surface area contributed by atoms with Gasteiger partial charge in [-0.15, -0.1) is 0 Å². The van der Waals surface area contributed by atoms with Gasteiger partial charge < -0.3 is 20.5 Å². The van der Waals surface area contributed by atoms with Crippen LogP contribution in [-0.2, 0) is 9.53 Å². The first-order valence-electron chi connectivity index (χ1n) is 9.13. The maximum atomic E-state index is 12.2. The Hall–Kier alpha value is -1.75. The molecule has 0 radical (unpaired) electrons. The van der Waals surface area contributed by atoms with Crippen LogP contribution in [0.25, 0.3) is 0 Å². The highest BCUT2D eigenvalue weighted by Gasteiger charge is 2.48. The zero-order valence-electron chi connectivity index (χ0n) is 14.2. The van der Waals surface area contributed by atoms with E-state index in [2.05, 4.69) is 10.6 Å². The maximum Gasteiger partial charge on any atom is 0.312 e. The van der Waals surface area contributed by atoms with Crippen molar-refractivity contribution in [3.8, 4) is 5.75 Å². The molecule has 0 bridgehead atoms. The number of rotatable bonds is 7. The summed E-state index contributed by atoms with van der Waals surface area (Å²) >= 11 is 0. The number of hydrogen-bond acceptors (Lipinski definition) is 5. The Kier molecular flexibility index (Phi) is 5.61. The molecule has 1 aromatic carbocycles. The van der Waals surface area contributed by atoms with Gasteiger partial charge in [-0.25, -0.2) is 0 Å². The summed E-state index contributed by atoms with van der Waals surface area (Å²) in [6.45, 7) is 2.48. The number of cyclic esters (lactones) is 1. The minimum absolute atomic E-state index is 0.0535. The van der Waals surface area contributed by atoms with Crippen molar-refractivity contribution in [1.29, 1.82) is 0 Å². The molecule has 2 fully saturated rings. The van der Waals surface area contributed by atoms with Crippen LogP contribution in [0.2, 0.25) is 0 Å². The van der Waals surface area contributed by atoms with Crippen molar-refractivity contribution < 1.29 is 14.6 Å². The summed E-state index contributed by atoms with van der Waals surface area (Å²) in [4.78, 5) is 12.2. The molecule has 1 saturated carbocycles. The number of nitrogens with one attached hydrogen (secondary N) is 2. The standard InChI is InChI=1S/C19H28N2O3/c22-16-6-4-5-15(13-16)21-12-11-20-10-7-17-14-19(18(23)24-17)8-2-1-3-9-19/h4-6,13,17,20-22H,1-3,7-12,14H2. The Balaban J connectivity index is 1.31. The second kappa shape index (κ2) is 7.88. The maximum absolute atomic E-state index is 12.2. The normalized spacial score (nSPS) is 22.5. The van der Waals surface area contributed by atoms with Crippen molar-refractivity contribution in [3.63, 3.8) is 0 Å². The topological polar surface area (TPSA) is 70.6 Å². The minimum atomic E-state index is -0.153. The molecule has 132 valence electrons. The highest BCUT2D eigenvalue weighted by Crippen LogP contribution is 2.46. The zero-order chi connectivity index (χ0) is 16.8. The summed E-state index contributed by atoms with van der Waals surface area (Å²) < 4.78 is 5.62. The van der Waals surface area contributed by atoms with E-state index in [0.29, 0.717) is 0 Å². The van der Waals surface area contributed by atoms with Gasteiger partial charge in [-0.2, -0.15) is 0 Å². The van der Waals surface area contributed by atoms with Crippen LogP contribution in [-0.4, -0.2) is 36.8 Å². The van der Waals surface area contributed by atoms with Gasteiger partial charge in [0.1, 0.15) is 11.9 Å². The number of benzene rings is 1. The molecule has 2 aliphatic rings. The number of ether oxygens (including phenoxy) is 1. The average Bonchev–Trinajstić information content (AvgIpc) is 2.87. The molecular formula is C19H28N2O3. The molecule has 1 heterocycles. The number of phenolic OH excluding ortho intramolecular Hbond substituents is 1. The van der Waals surface area contributed by atoms with Crippen molar-refractivity contribution in [2.24, 2.45) is 5.41 Å². The summed E-state index contributed by atoms with van der Waals surface area (Å²) in [5, 5.41) is 16.1. The fraction of sp³-hybridized carbons (Fsp3) is 0.632. The highest BCUT2D eigenvalue weighted by molar-refractivity contribution is 5.79. The molecule has 5 heteroatoms. The molecule has 0 amide bonds. The Morgan fingerprint density at radius 2 is 2.00 bits per heavy atom. The van der Waals surface area contributed by atoms with E-state index in [1.807, 2.05) is 12.1 Å². The van der Waals surface area contributed by atoms with E-state index in [9.17, 15) is 9.90 Å². The molecule has 1 aliphatic heterocycles. The van der Waals surface area contributed by atoms with Crippen LogP contribution >= 0.6 is 0 Å². The van der Waals surface area contributed by atoms with E-state index in [1.54, 1.807) is 12.1 Å². The average molecular weight is 332 g/mol. The first-order valence-corrected chi connectivity index (χ1v) is 9.13. The third kappa shape index (κ3) is 4.20. The van der Waals surface area contributed by atoms with Crippen LogP contribution in [0.15, 0.2) is 24.3 Å². The SMILES string of the molecule is O=C1OC(CCNCCNc2cccc(O)c2)CC12CCCCC2. The molecule has 1 aromatic rings. The number of aromatic hydroxyl groups is 1. The molecule has 1 saturated heterocycles. The fourth-order valence-electron chi connectivity index (χ4n) is 3.93. The predicted molar refractivity (Wildman–Crippen MR) is 94.1 cm³/mol. The van der Waals surface area contributed by atoms with E-state index in [4.69, 9.17) is 4.74 Å². The van der Waals surface area contributed by atoms with E-state index in [1.165, 1.54) is 19.3 Å². The summed E-state index contributed by atoms with van der Waals surface area (Å²) in [6.07, 6.45) is 7.51. The third-order valence-electron chi connectivity index (χ3n) is 5.26. The fourth-order valence-corrected chi connectivity index (χ4v) is 3.93. The van der Waals surface area contributed by atoms with Gasteiger partial charge in [0.05, 0.1) is 5.41 Å². The first kappa shape index (κ1) is 17.1. The van der Waals surface area contributed by atoms with Crippen LogP contribution in [0.1, 0.15) is 44.9 Å². The molecule has 1 atom stereocenters. The molecule has 1 spiro atoms. The molecule has 3 N–H and O–H groups in total. The van der Waals surface area contributed by atoms with Crippen molar-refractivity contribution >= 4 is 11.7 Å². The Labute approximate surface area is 143 Å². The lowest BCUT2D eigenvalue weighted by atomic mass is 9.72. The monoisotopic (exact) mass is 332 g/mol. The van der Waals surface area contributed by atoms with Gasteiger partial charge in [0.15, 0.2) is 0 Å². The van der Waals surface area contributed by atoms with Gasteiger partial charge >= 0.3 is 5.97 Å². The molecule has 1 aliphatic carbocycles. The lowest BCUT2D eigenvalue weighted by Gasteiger charge is -2.28. The minimum Gasteiger partial charge on any atom is -0.508 e. The number of hydrogen-bond donors (Lipinski definition) is 3. The number of anilines is 1. The van der Waals surface area contributed by atoms with E-state index in [0.717, 1.165) is 51.0 Å². The van der Waals surface area contributed by atoms with Gasteiger partial charge in [0.2, 0.25) is 0 Å². The van der Waals surface area contributed by atoms with Gasteiger partial charge in [0.25, 0.3) is 0 Å². The lowest BCUT2D eigenvalue weighted by Crippen LogP contribution is -2.29.